The first-order chi connectivity index (χ1) is 14.6. The molecule has 0 spiro atoms. The molecule has 0 radical (unpaired) electrons. The molecule has 3 rings (SSSR count). The summed E-state index contributed by atoms with van der Waals surface area (Å²) in [7, 11) is -5.03. The zero-order valence-corrected chi connectivity index (χ0v) is 19.3. The largest absolute Gasteiger partial charge is 0.322 e. The molecule has 1 saturated heterocycles. The molecule has 1 N–H and O–H groups in total. The number of carbonyl (C=O) groups is 1. The van der Waals surface area contributed by atoms with E-state index < -0.39 is 26.0 Å². The second kappa shape index (κ2) is 9.23. The highest BCUT2D eigenvalue weighted by molar-refractivity contribution is 7.89. The minimum absolute atomic E-state index is 0.00208. The summed E-state index contributed by atoms with van der Waals surface area (Å²) in [5.41, 5.74) is 0.311. The molecular formula is C19H22ClN3O6S2. The summed E-state index contributed by atoms with van der Waals surface area (Å²) in [6.07, 6.45) is 1.60. The molecule has 1 aliphatic rings. The van der Waals surface area contributed by atoms with Gasteiger partial charge in [-0.3, -0.25) is 9.63 Å². The number of benzene rings is 2. The van der Waals surface area contributed by atoms with Crippen LogP contribution in [0.15, 0.2) is 52.3 Å². The van der Waals surface area contributed by atoms with E-state index in [1.807, 2.05) is 0 Å². The number of anilines is 1. The normalized spacial score (nSPS) is 15.4. The molecule has 1 heterocycles. The van der Waals surface area contributed by atoms with Crippen molar-refractivity contribution in [2.24, 2.45) is 0 Å². The highest BCUT2D eigenvalue weighted by atomic mass is 35.5. The van der Waals surface area contributed by atoms with Crippen molar-refractivity contribution in [3.63, 3.8) is 0 Å². The predicted molar refractivity (Wildman–Crippen MR) is 116 cm³/mol. The third kappa shape index (κ3) is 4.92. The van der Waals surface area contributed by atoms with Gasteiger partial charge in [0.1, 0.15) is 0 Å². The van der Waals surface area contributed by atoms with Gasteiger partial charge in [-0.25, -0.2) is 16.8 Å². The van der Waals surface area contributed by atoms with E-state index >= 15 is 0 Å². The summed E-state index contributed by atoms with van der Waals surface area (Å²) in [5.74, 6) is -0.618. The Kier molecular flexibility index (Phi) is 7.04. The van der Waals surface area contributed by atoms with Crippen molar-refractivity contribution in [1.29, 1.82) is 0 Å². The molecule has 1 amide bonds. The van der Waals surface area contributed by atoms with Crippen molar-refractivity contribution in [3.05, 3.63) is 53.1 Å². The van der Waals surface area contributed by atoms with Gasteiger partial charge in [0, 0.05) is 25.8 Å². The van der Waals surface area contributed by atoms with Gasteiger partial charge in [0.05, 0.1) is 27.5 Å². The number of hydrogen-bond donors (Lipinski definition) is 1. The lowest BCUT2D eigenvalue weighted by Gasteiger charge is -2.16. The van der Waals surface area contributed by atoms with Crippen LogP contribution in [0.4, 0.5) is 5.69 Å². The summed E-state index contributed by atoms with van der Waals surface area (Å²) >= 11 is 6.13. The van der Waals surface area contributed by atoms with Crippen LogP contribution >= 0.6 is 11.6 Å². The van der Waals surface area contributed by atoms with Crippen molar-refractivity contribution in [2.45, 2.75) is 22.6 Å². The summed E-state index contributed by atoms with van der Waals surface area (Å²) in [4.78, 5) is 17.4. The van der Waals surface area contributed by atoms with Gasteiger partial charge in [-0.15, -0.1) is 0 Å². The van der Waals surface area contributed by atoms with E-state index in [4.69, 9.17) is 16.4 Å². The van der Waals surface area contributed by atoms with Crippen LogP contribution in [-0.2, 0) is 24.9 Å². The van der Waals surface area contributed by atoms with E-state index in [-0.39, 0.29) is 20.4 Å². The maximum absolute atomic E-state index is 12.8. The molecular weight excluding hydrogens is 466 g/mol. The number of nitrogens with zero attached hydrogens (tertiary/aromatic N) is 2. The highest BCUT2D eigenvalue weighted by Gasteiger charge is 2.28. The molecule has 0 aliphatic carbocycles. The fraction of sp³-hybridized carbons (Fsp3) is 0.316. The standard InChI is InChI=1S/C19H22ClN3O6S2/c1-22(29-2)30(25,26)15-7-5-14(6-8-15)21-19(24)17-13-16(9-10-18(17)20)31(27,28)23-11-3-4-12-23/h5-10,13H,3-4,11-12H2,1-2H3,(H,21,24). The second-order valence-electron chi connectivity index (χ2n) is 6.83. The van der Waals surface area contributed by atoms with Gasteiger partial charge in [-0.1, -0.05) is 16.1 Å². The number of sulfonamides is 2. The first-order valence-electron chi connectivity index (χ1n) is 9.31. The Morgan fingerprint density at radius 1 is 1.03 bits per heavy atom. The van der Waals surface area contributed by atoms with Crippen molar-refractivity contribution >= 4 is 43.2 Å². The molecule has 2 aromatic carbocycles. The Balaban J connectivity index is 1.82. The first kappa shape index (κ1) is 23.6. The van der Waals surface area contributed by atoms with Crippen LogP contribution in [0.3, 0.4) is 0 Å². The number of amides is 1. The molecule has 31 heavy (non-hydrogen) atoms. The van der Waals surface area contributed by atoms with E-state index in [0.29, 0.717) is 23.2 Å². The van der Waals surface area contributed by atoms with Gasteiger partial charge in [0.25, 0.3) is 15.9 Å². The molecule has 1 aliphatic heterocycles. The van der Waals surface area contributed by atoms with Gasteiger partial charge < -0.3 is 5.32 Å². The Labute approximate surface area is 186 Å². The summed E-state index contributed by atoms with van der Waals surface area (Å²) in [6.45, 7) is 0.889. The second-order valence-corrected chi connectivity index (χ2v) is 11.1. The lowest BCUT2D eigenvalue weighted by Crippen LogP contribution is -2.28. The third-order valence-corrected chi connectivity index (χ3v) is 8.81. The van der Waals surface area contributed by atoms with Crippen LogP contribution in [-0.4, -0.2) is 58.8 Å². The predicted octanol–water partition coefficient (Wildman–Crippen LogP) is 2.56. The third-order valence-electron chi connectivity index (χ3n) is 4.89. The molecule has 0 unspecified atom stereocenters. The van der Waals surface area contributed by atoms with Crippen molar-refractivity contribution in [2.75, 3.05) is 32.6 Å². The van der Waals surface area contributed by atoms with Crippen LogP contribution in [0.25, 0.3) is 0 Å². The number of carbonyl (C=O) groups excluding carboxylic acids is 1. The maximum Gasteiger partial charge on any atom is 0.264 e. The van der Waals surface area contributed by atoms with Crippen molar-refractivity contribution < 1.29 is 26.5 Å². The Bertz CT molecular complexity index is 1180. The smallest absolute Gasteiger partial charge is 0.264 e. The molecule has 1 fully saturated rings. The lowest BCUT2D eigenvalue weighted by atomic mass is 10.2. The molecule has 0 saturated carbocycles. The molecule has 9 nitrogen and oxygen atoms in total. The lowest BCUT2D eigenvalue weighted by molar-refractivity contribution is -0.0258. The van der Waals surface area contributed by atoms with E-state index in [1.54, 1.807) is 0 Å². The number of rotatable bonds is 7. The van der Waals surface area contributed by atoms with Crippen molar-refractivity contribution in [1.82, 2.24) is 8.77 Å². The Morgan fingerprint density at radius 2 is 1.61 bits per heavy atom. The molecule has 12 heteroatoms. The van der Waals surface area contributed by atoms with E-state index in [9.17, 15) is 21.6 Å². The Hall–Kier alpha value is -2.02. The zero-order chi connectivity index (χ0) is 22.8. The molecule has 0 bridgehead atoms. The number of hydroxylamine groups is 1. The van der Waals surface area contributed by atoms with Gasteiger partial charge in [0.15, 0.2) is 0 Å². The van der Waals surface area contributed by atoms with E-state index in [0.717, 1.165) is 12.8 Å². The number of hydrogen-bond acceptors (Lipinski definition) is 6. The van der Waals surface area contributed by atoms with E-state index in [1.165, 1.54) is 60.9 Å². The highest BCUT2D eigenvalue weighted by Crippen LogP contribution is 2.26. The van der Waals surface area contributed by atoms with Crippen molar-refractivity contribution in [3.8, 4) is 0 Å². The molecule has 0 aromatic heterocycles. The SMILES string of the molecule is CON(C)S(=O)(=O)c1ccc(NC(=O)c2cc(S(=O)(=O)N3CCCC3)ccc2Cl)cc1. The minimum Gasteiger partial charge on any atom is -0.322 e. The maximum atomic E-state index is 12.8. The first-order valence-corrected chi connectivity index (χ1v) is 12.6. The topological polar surface area (TPSA) is 113 Å². The average molecular weight is 488 g/mol. The summed E-state index contributed by atoms with van der Waals surface area (Å²) in [6, 6.07) is 9.44. The van der Waals surface area contributed by atoms with Crippen LogP contribution in [0.5, 0.6) is 0 Å². The van der Waals surface area contributed by atoms with Gasteiger partial charge in [-0.05, 0) is 55.3 Å². The Morgan fingerprint density at radius 3 is 2.19 bits per heavy atom. The minimum atomic E-state index is -3.82. The number of nitrogens with one attached hydrogen (secondary N) is 1. The molecule has 0 atom stereocenters. The quantitative estimate of drug-likeness (QED) is 0.600. The molecule has 168 valence electrons. The van der Waals surface area contributed by atoms with E-state index in [2.05, 4.69) is 5.32 Å². The fourth-order valence-electron chi connectivity index (χ4n) is 3.07. The average Bonchev–Trinajstić information content (AvgIpc) is 3.29. The zero-order valence-electron chi connectivity index (χ0n) is 16.9. The van der Waals surface area contributed by atoms with Crippen LogP contribution in [0.1, 0.15) is 23.2 Å². The van der Waals surface area contributed by atoms with Gasteiger partial charge in [0.2, 0.25) is 10.0 Å². The number of halogens is 1. The molecule has 2 aromatic rings. The van der Waals surface area contributed by atoms with Gasteiger partial charge in [-0.2, -0.15) is 4.31 Å². The summed E-state index contributed by atoms with van der Waals surface area (Å²) < 4.78 is 52.1. The van der Waals surface area contributed by atoms with Crippen LogP contribution in [0.2, 0.25) is 5.02 Å². The van der Waals surface area contributed by atoms with Crippen LogP contribution < -0.4 is 5.32 Å². The van der Waals surface area contributed by atoms with Gasteiger partial charge >= 0.3 is 0 Å². The summed E-state index contributed by atoms with van der Waals surface area (Å²) in [5, 5.41) is 2.69. The monoisotopic (exact) mass is 487 g/mol. The fourth-order valence-corrected chi connectivity index (χ4v) is 5.79. The van der Waals surface area contributed by atoms with Crippen LogP contribution in [0, 0.1) is 0 Å².